The van der Waals surface area contributed by atoms with E-state index in [1.807, 2.05) is 36.4 Å². The average molecular weight is 418 g/mol. The lowest BCUT2D eigenvalue weighted by Gasteiger charge is -2.09. The highest BCUT2D eigenvalue weighted by Gasteiger charge is 2.32. The second-order valence-corrected chi connectivity index (χ2v) is 7.36. The van der Waals surface area contributed by atoms with Gasteiger partial charge in [-0.05, 0) is 18.2 Å². The number of carbonyl (C=O) groups is 2. The third-order valence-electron chi connectivity index (χ3n) is 3.74. The molecule has 2 aromatic rings. The minimum Gasteiger partial charge on any atom is -0.488 e. The highest BCUT2D eigenvalue weighted by atomic mass is 35.5. The first kappa shape index (κ1) is 19.9. The molecule has 1 unspecified atom stereocenters. The van der Waals surface area contributed by atoms with Crippen molar-refractivity contribution in [2.24, 2.45) is 10.2 Å². The molecule has 7 nitrogen and oxygen atoms in total. The number of amidine groups is 1. The summed E-state index contributed by atoms with van der Waals surface area (Å²) in [5.41, 5.74) is 1.57. The van der Waals surface area contributed by atoms with Gasteiger partial charge in [-0.15, -0.1) is 5.10 Å². The number of carboxylic acid groups (broad SMARTS) is 1. The van der Waals surface area contributed by atoms with E-state index >= 15 is 0 Å². The van der Waals surface area contributed by atoms with Gasteiger partial charge in [-0.2, -0.15) is 5.10 Å². The summed E-state index contributed by atoms with van der Waals surface area (Å²) in [6.45, 7) is 0.307. The molecule has 0 aromatic heterocycles. The van der Waals surface area contributed by atoms with Crippen molar-refractivity contribution >= 4 is 46.6 Å². The summed E-state index contributed by atoms with van der Waals surface area (Å²) in [5, 5.41) is 19.4. The van der Waals surface area contributed by atoms with Crippen molar-refractivity contribution < 1.29 is 19.4 Å². The number of amides is 1. The lowest BCUT2D eigenvalue weighted by molar-refractivity contribution is -0.138. The Labute approximate surface area is 170 Å². The molecule has 1 heterocycles. The Morgan fingerprint density at radius 1 is 1.25 bits per heavy atom. The Kier molecular flexibility index (Phi) is 6.67. The van der Waals surface area contributed by atoms with Crippen LogP contribution < -0.4 is 10.1 Å². The van der Waals surface area contributed by atoms with Crippen LogP contribution in [-0.2, 0) is 16.2 Å². The number of halogens is 1. The molecular weight excluding hydrogens is 402 g/mol. The van der Waals surface area contributed by atoms with E-state index in [4.69, 9.17) is 21.4 Å². The lowest BCUT2D eigenvalue weighted by atomic mass is 10.2. The van der Waals surface area contributed by atoms with E-state index in [0.717, 1.165) is 17.3 Å². The summed E-state index contributed by atoms with van der Waals surface area (Å²) < 4.78 is 5.84. The number of nitrogens with zero attached hydrogens (tertiary/aromatic N) is 2. The predicted molar refractivity (Wildman–Crippen MR) is 109 cm³/mol. The normalized spacial score (nSPS) is 17.8. The molecule has 1 fully saturated rings. The SMILES string of the molecule is O=C(O)CC1S/C(=N/N=C/c2ccccc2OCc2ccccc2Cl)NC1=O. The van der Waals surface area contributed by atoms with Crippen LogP contribution in [0.4, 0.5) is 0 Å². The predicted octanol–water partition coefficient (Wildman–Crippen LogP) is 3.32. The molecule has 28 heavy (non-hydrogen) atoms. The Bertz CT molecular complexity index is 948. The zero-order valence-corrected chi connectivity index (χ0v) is 16.1. The zero-order chi connectivity index (χ0) is 19.9. The van der Waals surface area contributed by atoms with E-state index in [2.05, 4.69) is 15.5 Å². The quantitative estimate of drug-likeness (QED) is 0.531. The Hall–Kier alpha value is -2.84. The van der Waals surface area contributed by atoms with Gasteiger partial charge in [0.25, 0.3) is 0 Å². The Morgan fingerprint density at radius 3 is 2.79 bits per heavy atom. The molecule has 2 N–H and O–H groups in total. The van der Waals surface area contributed by atoms with Crippen molar-refractivity contribution in [1.29, 1.82) is 0 Å². The number of para-hydroxylation sites is 1. The third-order valence-corrected chi connectivity index (χ3v) is 5.18. The van der Waals surface area contributed by atoms with Crippen LogP contribution in [0.2, 0.25) is 5.02 Å². The molecule has 0 spiro atoms. The first-order valence-electron chi connectivity index (χ1n) is 8.28. The van der Waals surface area contributed by atoms with Gasteiger partial charge in [0.05, 0.1) is 12.6 Å². The number of carboxylic acids is 1. The van der Waals surface area contributed by atoms with Crippen LogP contribution in [-0.4, -0.2) is 33.6 Å². The second-order valence-electron chi connectivity index (χ2n) is 5.76. The van der Waals surface area contributed by atoms with E-state index in [-0.39, 0.29) is 17.5 Å². The molecule has 1 aliphatic rings. The molecule has 1 saturated heterocycles. The van der Waals surface area contributed by atoms with Crippen LogP contribution >= 0.6 is 23.4 Å². The fraction of sp³-hybridized carbons (Fsp3) is 0.158. The maximum absolute atomic E-state index is 11.7. The number of carbonyl (C=O) groups excluding carboxylic acids is 1. The topological polar surface area (TPSA) is 100 Å². The van der Waals surface area contributed by atoms with Crippen LogP contribution in [0.3, 0.4) is 0 Å². The van der Waals surface area contributed by atoms with Gasteiger partial charge in [-0.1, -0.05) is 53.7 Å². The molecule has 1 atom stereocenters. The number of hydrogen-bond acceptors (Lipinski definition) is 6. The summed E-state index contributed by atoms with van der Waals surface area (Å²) in [4.78, 5) is 22.4. The molecule has 1 aliphatic heterocycles. The number of nitrogens with one attached hydrogen (secondary N) is 1. The minimum absolute atomic E-state index is 0.266. The van der Waals surface area contributed by atoms with Crippen molar-refractivity contribution in [1.82, 2.24) is 5.32 Å². The molecule has 0 aliphatic carbocycles. The van der Waals surface area contributed by atoms with Crippen molar-refractivity contribution in [3.8, 4) is 5.75 Å². The number of aliphatic carboxylic acids is 1. The zero-order valence-electron chi connectivity index (χ0n) is 14.5. The summed E-state index contributed by atoms with van der Waals surface area (Å²) in [6, 6.07) is 14.7. The van der Waals surface area contributed by atoms with Gasteiger partial charge in [0.15, 0.2) is 5.17 Å². The molecule has 0 radical (unpaired) electrons. The van der Waals surface area contributed by atoms with E-state index in [1.54, 1.807) is 12.1 Å². The first-order chi connectivity index (χ1) is 13.5. The fourth-order valence-corrected chi connectivity index (χ4v) is 3.48. The third kappa shape index (κ3) is 5.34. The fourth-order valence-electron chi connectivity index (χ4n) is 2.38. The van der Waals surface area contributed by atoms with E-state index in [0.29, 0.717) is 22.9 Å². The monoisotopic (exact) mass is 417 g/mol. The smallest absolute Gasteiger partial charge is 0.305 e. The van der Waals surface area contributed by atoms with E-state index < -0.39 is 11.2 Å². The maximum Gasteiger partial charge on any atom is 0.305 e. The Morgan fingerprint density at radius 2 is 2.00 bits per heavy atom. The molecule has 9 heteroatoms. The summed E-state index contributed by atoms with van der Waals surface area (Å²) >= 11 is 7.19. The summed E-state index contributed by atoms with van der Waals surface area (Å²) in [5.74, 6) is -0.815. The molecule has 1 amide bonds. The van der Waals surface area contributed by atoms with Gasteiger partial charge < -0.3 is 15.2 Å². The minimum atomic E-state index is -1.04. The average Bonchev–Trinajstić information content (AvgIpc) is 3.00. The van der Waals surface area contributed by atoms with E-state index in [9.17, 15) is 9.59 Å². The maximum atomic E-state index is 11.7. The number of rotatable bonds is 7. The van der Waals surface area contributed by atoms with Crippen LogP contribution in [0.25, 0.3) is 0 Å². The van der Waals surface area contributed by atoms with Crippen LogP contribution in [0.15, 0.2) is 58.7 Å². The first-order valence-corrected chi connectivity index (χ1v) is 9.54. The molecule has 3 rings (SSSR count). The number of ether oxygens (including phenoxy) is 1. The van der Waals surface area contributed by atoms with Gasteiger partial charge in [0, 0.05) is 16.1 Å². The van der Waals surface area contributed by atoms with Gasteiger partial charge >= 0.3 is 5.97 Å². The number of benzene rings is 2. The highest BCUT2D eigenvalue weighted by Crippen LogP contribution is 2.23. The van der Waals surface area contributed by atoms with Crippen molar-refractivity contribution in [3.63, 3.8) is 0 Å². The van der Waals surface area contributed by atoms with Crippen LogP contribution in [0.1, 0.15) is 17.5 Å². The largest absolute Gasteiger partial charge is 0.488 e. The molecular formula is C19H16ClN3O4S. The molecule has 144 valence electrons. The standard InChI is InChI=1S/C19H16ClN3O4S/c20-14-7-3-1-6-13(14)11-27-15-8-4-2-5-12(15)10-21-23-19-22-18(26)16(28-19)9-17(24)25/h1-8,10,16H,9,11H2,(H,24,25)(H,22,23,26)/b21-10+. The summed E-state index contributed by atoms with van der Waals surface area (Å²) in [7, 11) is 0. The van der Waals surface area contributed by atoms with Crippen LogP contribution in [0, 0.1) is 0 Å². The van der Waals surface area contributed by atoms with Crippen molar-refractivity contribution in [3.05, 3.63) is 64.7 Å². The van der Waals surface area contributed by atoms with Gasteiger partial charge in [-0.25, -0.2) is 0 Å². The number of hydrogen-bond donors (Lipinski definition) is 2. The number of thioether (sulfide) groups is 1. The lowest BCUT2D eigenvalue weighted by Crippen LogP contribution is -2.26. The van der Waals surface area contributed by atoms with Gasteiger partial charge in [0.2, 0.25) is 5.91 Å². The molecule has 2 aromatic carbocycles. The van der Waals surface area contributed by atoms with Crippen molar-refractivity contribution in [2.45, 2.75) is 18.3 Å². The van der Waals surface area contributed by atoms with Gasteiger partial charge in [0.1, 0.15) is 17.6 Å². The summed E-state index contributed by atoms with van der Waals surface area (Å²) in [6.07, 6.45) is 1.24. The molecule has 0 bridgehead atoms. The van der Waals surface area contributed by atoms with E-state index in [1.165, 1.54) is 6.21 Å². The second kappa shape index (κ2) is 9.38. The van der Waals surface area contributed by atoms with Crippen LogP contribution in [0.5, 0.6) is 5.75 Å². The Balaban J connectivity index is 1.65. The van der Waals surface area contributed by atoms with Gasteiger partial charge in [-0.3, -0.25) is 9.59 Å². The highest BCUT2D eigenvalue weighted by molar-refractivity contribution is 8.15. The van der Waals surface area contributed by atoms with Crippen molar-refractivity contribution in [2.75, 3.05) is 0 Å². The molecule has 0 saturated carbocycles.